The van der Waals surface area contributed by atoms with Gasteiger partial charge in [-0.15, -0.1) is 0 Å². The van der Waals surface area contributed by atoms with Gasteiger partial charge in [-0.05, 0) is 66.7 Å². The van der Waals surface area contributed by atoms with Crippen LogP contribution in [0.15, 0.2) is 120 Å². The summed E-state index contributed by atoms with van der Waals surface area (Å²) in [4.78, 5) is 39.4. The van der Waals surface area contributed by atoms with Gasteiger partial charge in [0.2, 0.25) is 0 Å². The Hall–Kier alpha value is -4.88. The summed E-state index contributed by atoms with van der Waals surface area (Å²) in [5.41, 5.74) is 1.74. The molecule has 1 aliphatic heterocycles. The minimum atomic E-state index is -0.617. The SMILES string of the molecule is O=C(Nc1ccc(Oc2ccccc2)cc1)c1cccc(NC2=C(Cl)C(=O)N(c3ccccc3)C2=O)c1. The Kier molecular flexibility index (Phi) is 6.70. The third-order valence-corrected chi connectivity index (χ3v) is 5.88. The van der Waals surface area contributed by atoms with Crippen molar-refractivity contribution >= 4 is 46.4 Å². The second-order valence-electron chi connectivity index (χ2n) is 8.07. The number of imide groups is 1. The van der Waals surface area contributed by atoms with Crippen molar-refractivity contribution in [1.82, 2.24) is 0 Å². The number of anilines is 3. The summed E-state index contributed by atoms with van der Waals surface area (Å²) < 4.78 is 5.77. The summed E-state index contributed by atoms with van der Waals surface area (Å²) in [7, 11) is 0. The molecule has 2 N–H and O–H groups in total. The van der Waals surface area contributed by atoms with E-state index in [0.717, 1.165) is 4.90 Å². The Morgan fingerprint density at radius 2 is 1.35 bits per heavy atom. The van der Waals surface area contributed by atoms with Gasteiger partial charge in [-0.25, -0.2) is 4.90 Å². The molecule has 0 atom stereocenters. The maximum atomic E-state index is 12.9. The molecule has 5 rings (SSSR count). The van der Waals surface area contributed by atoms with Crippen LogP contribution in [0.5, 0.6) is 11.5 Å². The molecule has 182 valence electrons. The second-order valence-corrected chi connectivity index (χ2v) is 8.45. The normalized spacial score (nSPS) is 13.1. The van der Waals surface area contributed by atoms with E-state index >= 15 is 0 Å². The van der Waals surface area contributed by atoms with E-state index in [2.05, 4.69) is 10.6 Å². The van der Waals surface area contributed by atoms with Gasteiger partial charge in [-0.2, -0.15) is 0 Å². The lowest BCUT2D eigenvalue weighted by molar-refractivity contribution is -0.120. The van der Waals surface area contributed by atoms with Gasteiger partial charge in [0, 0.05) is 16.9 Å². The van der Waals surface area contributed by atoms with Crippen LogP contribution in [0.25, 0.3) is 0 Å². The van der Waals surface area contributed by atoms with E-state index in [-0.39, 0.29) is 16.6 Å². The van der Waals surface area contributed by atoms with Crippen molar-refractivity contribution in [2.45, 2.75) is 0 Å². The van der Waals surface area contributed by atoms with Crippen molar-refractivity contribution in [1.29, 1.82) is 0 Å². The largest absolute Gasteiger partial charge is 0.457 e. The lowest BCUT2D eigenvalue weighted by Crippen LogP contribution is -2.32. The van der Waals surface area contributed by atoms with Gasteiger partial charge in [0.05, 0.1) is 5.69 Å². The van der Waals surface area contributed by atoms with Crippen LogP contribution in [-0.2, 0) is 9.59 Å². The summed E-state index contributed by atoms with van der Waals surface area (Å²) in [6.07, 6.45) is 0. The number of para-hydroxylation sites is 2. The van der Waals surface area contributed by atoms with Gasteiger partial charge in [0.25, 0.3) is 17.7 Å². The molecule has 3 amide bonds. The molecule has 1 aliphatic rings. The lowest BCUT2D eigenvalue weighted by atomic mass is 10.1. The number of amides is 3. The third-order valence-electron chi connectivity index (χ3n) is 5.53. The number of hydrogen-bond acceptors (Lipinski definition) is 5. The molecule has 0 saturated carbocycles. The molecular weight excluding hydrogens is 490 g/mol. The van der Waals surface area contributed by atoms with Crippen LogP contribution < -0.4 is 20.3 Å². The number of hydrogen-bond donors (Lipinski definition) is 2. The van der Waals surface area contributed by atoms with E-state index in [0.29, 0.717) is 34.1 Å². The monoisotopic (exact) mass is 509 g/mol. The van der Waals surface area contributed by atoms with E-state index in [1.54, 1.807) is 78.9 Å². The van der Waals surface area contributed by atoms with E-state index in [1.807, 2.05) is 30.3 Å². The van der Waals surface area contributed by atoms with Gasteiger partial charge in [-0.1, -0.05) is 54.1 Å². The van der Waals surface area contributed by atoms with E-state index in [1.165, 1.54) is 0 Å². The van der Waals surface area contributed by atoms with Gasteiger partial charge >= 0.3 is 0 Å². The molecule has 0 radical (unpaired) electrons. The van der Waals surface area contributed by atoms with E-state index in [4.69, 9.17) is 16.3 Å². The number of nitrogens with one attached hydrogen (secondary N) is 2. The Morgan fingerprint density at radius 1 is 0.703 bits per heavy atom. The number of ether oxygens (including phenoxy) is 1. The Labute approximate surface area is 217 Å². The molecule has 0 saturated heterocycles. The molecule has 7 nitrogen and oxygen atoms in total. The lowest BCUT2D eigenvalue weighted by Gasteiger charge is -2.15. The molecule has 1 heterocycles. The van der Waals surface area contributed by atoms with Crippen LogP contribution in [0.2, 0.25) is 0 Å². The Balaban J connectivity index is 1.26. The van der Waals surface area contributed by atoms with Crippen molar-refractivity contribution < 1.29 is 19.1 Å². The standard InChI is InChI=1S/C29H20ClN3O4/c30-25-26(29(36)33(28(25)35)22-10-3-1-4-11-22)31-21-9-7-8-19(18-21)27(34)32-20-14-16-24(17-15-20)37-23-12-5-2-6-13-23/h1-18,31H,(H,32,34). The smallest absolute Gasteiger partial charge is 0.283 e. The highest BCUT2D eigenvalue weighted by atomic mass is 35.5. The second kappa shape index (κ2) is 10.4. The molecule has 0 spiro atoms. The van der Waals surface area contributed by atoms with Crippen LogP contribution in [0.1, 0.15) is 10.4 Å². The predicted molar refractivity (Wildman–Crippen MR) is 143 cm³/mol. The molecule has 4 aromatic carbocycles. The molecule has 37 heavy (non-hydrogen) atoms. The quantitative estimate of drug-likeness (QED) is 0.291. The number of benzene rings is 4. The zero-order chi connectivity index (χ0) is 25.8. The fraction of sp³-hybridized carbons (Fsp3) is 0. The zero-order valence-electron chi connectivity index (χ0n) is 19.4. The number of nitrogens with zero attached hydrogens (tertiary/aromatic N) is 1. The average molecular weight is 510 g/mol. The van der Waals surface area contributed by atoms with Crippen molar-refractivity contribution in [3.05, 3.63) is 125 Å². The average Bonchev–Trinajstić information content (AvgIpc) is 3.14. The molecule has 8 heteroatoms. The first kappa shape index (κ1) is 23.8. The van der Waals surface area contributed by atoms with Crippen molar-refractivity contribution in [2.24, 2.45) is 0 Å². The van der Waals surface area contributed by atoms with Gasteiger partial charge in [0.15, 0.2) is 0 Å². The number of carbonyl (C=O) groups is 3. The Morgan fingerprint density at radius 3 is 2.05 bits per heavy atom. The van der Waals surface area contributed by atoms with Crippen LogP contribution in [-0.4, -0.2) is 17.7 Å². The van der Waals surface area contributed by atoms with Gasteiger partial charge in [-0.3, -0.25) is 14.4 Å². The van der Waals surface area contributed by atoms with Gasteiger partial charge in [0.1, 0.15) is 22.2 Å². The predicted octanol–water partition coefficient (Wildman–Crippen LogP) is 6.17. The summed E-state index contributed by atoms with van der Waals surface area (Å²) in [6, 6.07) is 31.5. The topological polar surface area (TPSA) is 87.7 Å². The number of rotatable bonds is 7. The fourth-order valence-corrected chi connectivity index (χ4v) is 3.95. The molecule has 4 aromatic rings. The van der Waals surface area contributed by atoms with Crippen molar-refractivity contribution in [2.75, 3.05) is 15.5 Å². The van der Waals surface area contributed by atoms with Crippen molar-refractivity contribution in [3.8, 4) is 11.5 Å². The highest BCUT2D eigenvalue weighted by Crippen LogP contribution is 2.30. The van der Waals surface area contributed by atoms with Crippen LogP contribution in [0, 0.1) is 0 Å². The van der Waals surface area contributed by atoms with E-state index < -0.39 is 11.8 Å². The molecule has 0 fully saturated rings. The highest BCUT2D eigenvalue weighted by molar-refractivity contribution is 6.53. The highest BCUT2D eigenvalue weighted by Gasteiger charge is 2.38. The maximum absolute atomic E-state index is 12.9. The summed E-state index contributed by atoms with van der Waals surface area (Å²) in [6.45, 7) is 0. The molecular formula is C29H20ClN3O4. The van der Waals surface area contributed by atoms with Crippen molar-refractivity contribution in [3.63, 3.8) is 0 Å². The zero-order valence-corrected chi connectivity index (χ0v) is 20.1. The molecule has 0 bridgehead atoms. The Bertz CT molecular complexity index is 1500. The summed E-state index contributed by atoms with van der Waals surface area (Å²) >= 11 is 6.21. The summed E-state index contributed by atoms with van der Waals surface area (Å²) in [5, 5.41) is 5.51. The fourth-order valence-electron chi connectivity index (χ4n) is 3.74. The molecule has 0 aromatic heterocycles. The molecule has 0 unspecified atom stereocenters. The van der Waals surface area contributed by atoms with Crippen LogP contribution in [0.3, 0.4) is 0 Å². The van der Waals surface area contributed by atoms with Gasteiger partial charge < -0.3 is 15.4 Å². The van der Waals surface area contributed by atoms with Crippen LogP contribution >= 0.6 is 11.6 Å². The van der Waals surface area contributed by atoms with E-state index in [9.17, 15) is 14.4 Å². The first-order valence-electron chi connectivity index (χ1n) is 11.3. The van der Waals surface area contributed by atoms with Crippen LogP contribution in [0.4, 0.5) is 17.1 Å². The third kappa shape index (κ3) is 5.22. The minimum absolute atomic E-state index is 0.0536. The summed E-state index contributed by atoms with van der Waals surface area (Å²) in [5.74, 6) is -0.183. The minimum Gasteiger partial charge on any atom is -0.457 e. The first-order chi connectivity index (χ1) is 18.0. The first-order valence-corrected chi connectivity index (χ1v) is 11.7. The maximum Gasteiger partial charge on any atom is 0.283 e. The molecule has 0 aliphatic carbocycles. The number of halogens is 1. The number of carbonyl (C=O) groups excluding carboxylic acids is 3.